The Morgan fingerprint density at radius 1 is 1.04 bits per heavy atom. The maximum absolute atomic E-state index is 11.5. The van der Waals surface area contributed by atoms with E-state index in [0.717, 1.165) is 5.56 Å². The monoisotopic (exact) mass is 316 g/mol. The van der Waals surface area contributed by atoms with Gasteiger partial charge in [0.1, 0.15) is 0 Å². The molecule has 0 unspecified atom stereocenters. The Kier molecular flexibility index (Phi) is 5.14. The molecule has 7 nitrogen and oxygen atoms in total. The molecule has 2 aromatic rings. The van der Waals surface area contributed by atoms with E-state index in [1.165, 1.54) is 20.3 Å². The molecule has 1 aromatic carbocycles. The number of carboxylic acids is 1. The van der Waals surface area contributed by atoms with E-state index in [-0.39, 0.29) is 23.5 Å². The first kappa shape index (κ1) is 16.3. The third kappa shape index (κ3) is 3.97. The van der Waals surface area contributed by atoms with Crippen LogP contribution in [0.4, 0.5) is 0 Å². The summed E-state index contributed by atoms with van der Waals surface area (Å²) in [4.78, 5) is 19.5. The first-order chi connectivity index (χ1) is 11.0. The zero-order chi connectivity index (χ0) is 16.8. The van der Waals surface area contributed by atoms with Crippen LogP contribution in [0.5, 0.6) is 17.8 Å². The summed E-state index contributed by atoms with van der Waals surface area (Å²) in [6.07, 6.45) is 0. The molecule has 0 aliphatic carbocycles. The van der Waals surface area contributed by atoms with Gasteiger partial charge in [0.15, 0.2) is 0 Å². The number of hydrogen-bond donors (Lipinski definition) is 1. The smallest absolute Gasteiger partial charge is 0.372 e. The van der Waals surface area contributed by atoms with Crippen LogP contribution in [0, 0.1) is 0 Å². The molecular weight excluding hydrogens is 300 g/mol. The van der Waals surface area contributed by atoms with Gasteiger partial charge < -0.3 is 19.3 Å². The molecule has 1 N–H and O–H groups in total. The third-order valence-electron chi connectivity index (χ3n) is 3.01. The maximum atomic E-state index is 11.5. The van der Waals surface area contributed by atoms with Crippen molar-refractivity contribution >= 4 is 11.5 Å². The molecule has 0 saturated heterocycles. The molecule has 1 heterocycles. The second-order valence-corrected chi connectivity index (χ2v) is 4.46. The van der Waals surface area contributed by atoms with Gasteiger partial charge in [0.2, 0.25) is 17.5 Å². The van der Waals surface area contributed by atoms with Crippen LogP contribution in [-0.4, -0.2) is 35.3 Å². The van der Waals surface area contributed by atoms with Crippen molar-refractivity contribution in [3.8, 4) is 17.8 Å². The Morgan fingerprint density at radius 3 is 2.09 bits per heavy atom. The predicted molar refractivity (Wildman–Crippen MR) is 82.4 cm³/mol. The second-order valence-electron chi connectivity index (χ2n) is 4.46. The van der Waals surface area contributed by atoms with Crippen LogP contribution in [-0.2, 0) is 4.79 Å². The third-order valence-corrected chi connectivity index (χ3v) is 3.01. The molecule has 0 spiro atoms. The fourth-order valence-electron chi connectivity index (χ4n) is 1.83. The minimum atomic E-state index is -1.23. The van der Waals surface area contributed by atoms with Crippen molar-refractivity contribution in [1.29, 1.82) is 0 Å². The molecule has 0 bridgehead atoms. The normalized spacial score (nSPS) is 11.4. The van der Waals surface area contributed by atoms with Crippen molar-refractivity contribution < 1.29 is 24.1 Å². The molecule has 23 heavy (non-hydrogen) atoms. The summed E-state index contributed by atoms with van der Waals surface area (Å²) in [5, 5.41) is 9.42. The summed E-state index contributed by atoms with van der Waals surface area (Å²) in [5.74, 6) is -1.09. The Bertz CT molecular complexity index is 706. The molecule has 120 valence electrons. The average Bonchev–Trinajstić information content (AvgIpc) is 2.59. The zero-order valence-electron chi connectivity index (χ0n) is 12.9. The van der Waals surface area contributed by atoms with Gasteiger partial charge in [-0.3, -0.25) is 0 Å². The van der Waals surface area contributed by atoms with E-state index >= 15 is 0 Å². The average molecular weight is 316 g/mol. The van der Waals surface area contributed by atoms with Gasteiger partial charge >= 0.3 is 12.0 Å². The molecule has 0 saturated carbocycles. The van der Waals surface area contributed by atoms with E-state index in [9.17, 15) is 9.90 Å². The van der Waals surface area contributed by atoms with Crippen molar-refractivity contribution in [1.82, 2.24) is 9.97 Å². The van der Waals surface area contributed by atoms with Crippen molar-refractivity contribution in [2.24, 2.45) is 0 Å². The highest BCUT2D eigenvalue weighted by atomic mass is 16.5. The molecule has 0 fully saturated rings. The summed E-state index contributed by atoms with van der Waals surface area (Å²) in [6.45, 7) is 1.65. The summed E-state index contributed by atoms with van der Waals surface area (Å²) < 4.78 is 15.4. The van der Waals surface area contributed by atoms with Gasteiger partial charge in [-0.1, -0.05) is 30.3 Å². The van der Waals surface area contributed by atoms with Crippen LogP contribution in [0.3, 0.4) is 0 Å². The van der Waals surface area contributed by atoms with Crippen molar-refractivity contribution in [3.63, 3.8) is 0 Å². The highest BCUT2D eigenvalue weighted by Gasteiger charge is 2.18. The predicted octanol–water partition coefficient (Wildman–Crippen LogP) is 2.39. The lowest BCUT2D eigenvalue weighted by molar-refractivity contribution is -0.135. The first-order valence-electron chi connectivity index (χ1n) is 6.69. The van der Waals surface area contributed by atoms with Gasteiger partial charge in [-0.25, -0.2) is 4.79 Å². The molecule has 0 aliphatic rings. The molecule has 0 radical (unpaired) electrons. The van der Waals surface area contributed by atoms with Gasteiger partial charge in [0, 0.05) is 5.57 Å². The van der Waals surface area contributed by atoms with Gasteiger partial charge in [-0.05, 0) is 12.5 Å². The van der Waals surface area contributed by atoms with Crippen molar-refractivity contribution in [3.05, 3.63) is 47.7 Å². The van der Waals surface area contributed by atoms with E-state index in [1.807, 2.05) is 18.2 Å². The standard InChI is InChI=1S/C16H16N2O5/c1-10(11-7-5-4-6-8-11)14(15(19)20)23-16-17-12(21-2)9-13(18-16)22-3/h4-9H,1-3H3,(H,19,20)/b14-10+. The number of aliphatic carboxylic acids is 1. The Balaban J connectivity index is 2.43. The molecule has 0 amide bonds. The van der Waals surface area contributed by atoms with Gasteiger partial charge in [-0.2, -0.15) is 9.97 Å². The largest absolute Gasteiger partial charge is 0.481 e. The fourth-order valence-corrected chi connectivity index (χ4v) is 1.83. The van der Waals surface area contributed by atoms with Crippen LogP contribution in [0.2, 0.25) is 0 Å². The topological polar surface area (TPSA) is 90.8 Å². The SMILES string of the molecule is COc1cc(OC)nc(O/C(C(=O)O)=C(\C)c2ccccc2)n1. The number of carboxylic acid groups (broad SMARTS) is 1. The lowest BCUT2D eigenvalue weighted by atomic mass is 10.1. The number of allylic oxidation sites excluding steroid dienone is 1. The second kappa shape index (κ2) is 7.26. The first-order valence-corrected chi connectivity index (χ1v) is 6.69. The summed E-state index contributed by atoms with van der Waals surface area (Å²) in [5.41, 5.74) is 1.17. The number of aromatic nitrogens is 2. The maximum Gasteiger partial charge on any atom is 0.372 e. The number of hydrogen-bond acceptors (Lipinski definition) is 6. The van der Waals surface area contributed by atoms with E-state index in [0.29, 0.717) is 5.57 Å². The van der Waals surface area contributed by atoms with Crippen LogP contribution in [0.15, 0.2) is 42.2 Å². The van der Waals surface area contributed by atoms with Crippen LogP contribution in [0.1, 0.15) is 12.5 Å². The molecule has 2 rings (SSSR count). The number of carbonyl (C=O) groups is 1. The van der Waals surface area contributed by atoms with Crippen LogP contribution >= 0.6 is 0 Å². The number of rotatable bonds is 6. The Hall–Kier alpha value is -3.09. The number of nitrogens with zero attached hydrogens (tertiary/aromatic N) is 2. The molecule has 7 heteroatoms. The fraction of sp³-hybridized carbons (Fsp3) is 0.188. The molecule has 1 aromatic heterocycles. The van der Waals surface area contributed by atoms with Crippen molar-refractivity contribution in [2.45, 2.75) is 6.92 Å². The van der Waals surface area contributed by atoms with Gasteiger partial charge in [0.05, 0.1) is 20.3 Å². The molecule has 0 atom stereocenters. The van der Waals surface area contributed by atoms with E-state index in [1.54, 1.807) is 19.1 Å². The molecular formula is C16H16N2O5. The van der Waals surface area contributed by atoms with Crippen molar-refractivity contribution in [2.75, 3.05) is 14.2 Å². The quantitative estimate of drug-likeness (QED) is 0.646. The van der Waals surface area contributed by atoms with E-state index in [2.05, 4.69) is 9.97 Å². The van der Waals surface area contributed by atoms with E-state index in [4.69, 9.17) is 14.2 Å². The highest BCUT2D eigenvalue weighted by molar-refractivity contribution is 5.94. The number of ether oxygens (including phenoxy) is 3. The van der Waals surface area contributed by atoms with E-state index < -0.39 is 5.97 Å². The molecule has 0 aliphatic heterocycles. The minimum absolute atomic E-state index is 0.172. The van der Waals surface area contributed by atoms with Gasteiger partial charge in [0.25, 0.3) is 0 Å². The summed E-state index contributed by atoms with van der Waals surface area (Å²) in [6, 6.07) is 10.3. The van der Waals surface area contributed by atoms with Crippen LogP contribution < -0.4 is 14.2 Å². The summed E-state index contributed by atoms with van der Waals surface area (Å²) in [7, 11) is 2.85. The Morgan fingerprint density at radius 2 is 1.61 bits per heavy atom. The number of benzene rings is 1. The minimum Gasteiger partial charge on any atom is -0.481 e. The summed E-state index contributed by atoms with van der Waals surface area (Å²) >= 11 is 0. The van der Waals surface area contributed by atoms with Gasteiger partial charge in [-0.15, -0.1) is 0 Å². The van der Waals surface area contributed by atoms with Crippen LogP contribution in [0.25, 0.3) is 5.57 Å². The Labute approximate surface area is 133 Å². The zero-order valence-corrected chi connectivity index (χ0v) is 12.9. The number of methoxy groups -OCH3 is 2. The lowest BCUT2D eigenvalue weighted by Crippen LogP contribution is -2.12. The highest BCUT2D eigenvalue weighted by Crippen LogP contribution is 2.24. The lowest BCUT2D eigenvalue weighted by Gasteiger charge is -2.10.